The summed E-state index contributed by atoms with van der Waals surface area (Å²) in [6.07, 6.45) is 6.94. The lowest BCUT2D eigenvalue weighted by atomic mass is 9.92. The molecule has 5 rings (SSSR count). The predicted octanol–water partition coefficient (Wildman–Crippen LogP) is 5.79. The van der Waals surface area contributed by atoms with Crippen molar-refractivity contribution in [2.45, 2.75) is 50.7 Å². The Hall–Kier alpha value is -2.63. The molecule has 3 aromatic rings. The van der Waals surface area contributed by atoms with Gasteiger partial charge in [0.2, 0.25) is 0 Å². The van der Waals surface area contributed by atoms with Gasteiger partial charge in [0.05, 0.1) is 5.02 Å². The molecule has 1 saturated carbocycles. The largest absolute Gasteiger partial charge is 0.367 e. The summed E-state index contributed by atoms with van der Waals surface area (Å²) in [7, 11) is 0. The summed E-state index contributed by atoms with van der Waals surface area (Å²) in [6.45, 7) is 1.62. The summed E-state index contributed by atoms with van der Waals surface area (Å²) in [5, 5.41) is 4.20. The molecule has 0 bridgehead atoms. The van der Waals surface area contributed by atoms with Crippen molar-refractivity contribution in [2.75, 3.05) is 16.8 Å². The van der Waals surface area contributed by atoms with E-state index in [2.05, 4.69) is 33.4 Å². The van der Waals surface area contributed by atoms with Crippen LogP contribution in [0.5, 0.6) is 0 Å². The lowest BCUT2D eigenvalue weighted by Gasteiger charge is -2.27. The predicted molar refractivity (Wildman–Crippen MR) is 130 cm³/mol. The second kappa shape index (κ2) is 9.08. The fraction of sp³-hybridized carbons (Fsp3) is 0.346. The Bertz CT molecular complexity index is 1110. The van der Waals surface area contributed by atoms with E-state index < -0.39 is 0 Å². The lowest BCUT2D eigenvalue weighted by Crippen LogP contribution is -2.33. The molecule has 1 aromatic heterocycles. The zero-order valence-electron chi connectivity index (χ0n) is 18.0. The van der Waals surface area contributed by atoms with Crippen LogP contribution in [-0.2, 0) is 13.0 Å². The molecular formula is C26H28ClFN4. The molecule has 0 amide bonds. The average molecular weight is 451 g/mol. The van der Waals surface area contributed by atoms with E-state index in [0.717, 1.165) is 61.2 Å². The van der Waals surface area contributed by atoms with Crippen LogP contribution < -0.4 is 16.0 Å². The van der Waals surface area contributed by atoms with Crippen LogP contribution in [0.15, 0.2) is 54.7 Å². The van der Waals surface area contributed by atoms with E-state index in [9.17, 15) is 4.39 Å². The van der Waals surface area contributed by atoms with Crippen LogP contribution in [0.2, 0.25) is 5.02 Å². The Morgan fingerprint density at radius 3 is 2.75 bits per heavy atom. The first-order valence-corrected chi connectivity index (χ1v) is 11.7. The lowest BCUT2D eigenvalue weighted by molar-refractivity contribution is 0.410. The normalized spacial score (nSPS) is 20.3. The Morgan fingerprint density at radius 1 is 1.09 bits per heavy atom. The Kier molecular flexibility index (Phi) is 6.03. The number of nitrogens with zero attached hydrogens (tertiary/aromatic N) is 2. The summed E-state index contributed by atoms with van der Waals surface area (Å²) in [6, 6.07) is 16.1. The zero-order chi connectivity index (χ0) is 22.1. The smallest absolute Gasteiger partial charge is 0.126 e. The van der Waals surface area contributed by atoms with E-state index in [1.54, 1.807) is 18.3 Å². The van der Waals surface area contributed by atoms with Gasteiger partial charge >= 0.3 is 0 Å². The van der Waals surface area contributed by atoms with E-state index >= 15 is 0 Å². The van der Waals surface area contributed by atoms with Gasteiger partial charge in [0.1, 0.15) is 11.6 Å². The minimum Gasteiger partial charge on any atom is -0.367 e. The van der Waals surface area contributed by atoms with Gasteiger partial charge in [-0.1, -0.05) is 35.9 Å². The zero-order valence-corrected chi connectivity index (χ0v) is 18.8. The summed E-state index contributed by atoms with van der Waals surface area (Å²) < 4.78 is 13.6. The van der Waals surface area contributed by atoms with Crippen molar-refractivity contribution >= 4 is 23.1 Å². The van der Waals surface area contributed by atoms with Crippen LogP contribution in [0.3, 0.4) is 0 Å². The first kappa shape index (κ1) is 21.2. The van der Waals surface area contributed by atoms with Gasteiger partial charge in [0, 0.05) is 42.6 Å². The van der Waals surface area contributed by atoms with Gasteiger partial charge in [-0.05, 0) is 73.1 Å². The third kappa shape index (κ3) is 4.59. The van der Waals surface area contributed by atoms with Crippen LogP contribution in [0.4, 0.5) is 15.9 Å². The molecule has 0 unspecified atom stereocenters. The van der Waals surface area contributed by atoms with Crippen molar-refractivity contribution in [3.63, 3.8) is 0 Å². The molecule has 32 heavy (non-hydrogen) atoms. The van der Waals surface area contributed by atoms with E-state index in [1.165, 1.54) is 17.3 Å². The number of nitrogens with two attached hydrogens (primary N) is 1. The van der Waals surface area contributed by atoms with E-state index in [1.807, 2.05) is 12.1 Å². The number of hydrogen-bond acceptors (Lipinski definition) is 4. The summed E-state index contributed by atoms with van der Waals surface area (Å²) in [5.41, 5.74) is 11.6. The monoisotopic (exact) mass is 450 g/mol. The third-order valence-electron chi connectivity index (χ3n) is 6.63. The summed E-state index contributed by atoms with van der Waals surface area (Å²) >= 11 is 6.57. The number of fused-ring (bicyclic) bond motifs is 1. The summed E-state index contributed by atoms with van der Waals surface area (Å²) in [5.74, 6) is 0.654. The molecule has 2 heterocycles. The highest BCUT2D eigenvalue weighted by atomic mass is 35.5. The quantitative estimate of drug-likeness (QED) is 0.517. The number of halogens is 2. The highest BCUT2D eigenvalue weighted by Gasteiger charge is 2.22. The molecule has 3 N–H and O–H groups in total. The molecule has 1 aliphatic heterocycles. The van der Waals surface area contributed by atoms with Crippen molar-refractivity contribution in [3.8, 4) is 11.1 Å². The van der Waals surface area contributed by atoms with Crippen molar-refractivity contribution < 1.29 is 4.39 Å². The molecule has 4 nitrogen and oxygen atoms in total. The minimum absolute atomic E-state index is 0.195. The van der Waals surface area contributed by atoms with Crippen LogP contribution in [0.25, 0.3) is 11.1 Å². The molecule has 2 aliphatic rings. The Balaban J connectivity index is 1.38. The SMILES string of the molecule is NC1CCC(Nc2cc(-c3ccc4c(c3)N(Cc3cccc(F)c3)CC4)c(Cl)cn2)CC1. The molecule has 0 spiro atoms. The van der Waals surface area contributed by atoms with Gasteiger partial charge in [0.25, 0.3) is 0 Å². The van der Waals surface area contributed by atoms with Gasteiger partial charge in [0.15, 0.2) is 0 Å². The topological polar surface area (TPSA) is 54.2 Å². The van der Waals surface area contributed by atoms with Crippen molar-refractivity contribution in [3.05, 3.63) is 76.7 Å². The highest BCUT2D eigenvalue weighted by molar-refractivity contribution is 6.33. The molecule has 166 valence electrons. The molecule has 0 radical (unpaired) electrons. The van der Waals surface area contributed by atoms with Crippen molar-refractivity contribution in [1.29, 1.82) is 0 Å². The highest BCUT2D eigenvalue weighted by Crippen LogP contribution is 2.37. The van der Waals surface area contributed by atoms with Gasteiger partial charge in [-0.25, -0.2) is 9.37 Å². The Labute approximate surface area is 193 Å². The van der Waals surface area contributed by atoms with Gasteiger partial charge in [-0.2, -0.15) is 0 Å². The van der Waals surface area contributed by atoms with E-state index in [4.69, 9.17) is 17.3 Å². The number of hydrogen-bond donors (Lipinski definition) is 2. The second-order valence-electron chi connectivity index (χ2n) is 8.95. The van der Waals surface area contributed by atoms with Crippen LogP contribution in [0.1, 0.15) is 36.8 Å². The molecule has 0 saturated heterocycles. The average Bonchev–Trinajstić information content (AvgIpc) is 3.18. The van der Waals surface area contributed by atoms with Crippen molar-refractivity contribution in [2.24, 2.45) is 5.73 Å². The number of anilines is 2. The maximum absolute atomic E-state index is 13.6. The van der Waals surface area contributed by atoms with Crippen LogP contribution in [-0.4, -0.2) is 23.6 Å². The second-order valence-corrected chi connectivity index (χ2v) is 9.36. The van der Waals surface area contributed by atoms with Crippen molar-refractivity contribution in [1.82, 2.24) is 4.98 Å². The fourth-order valence-corrected chi connectivity index (χ4v) is 5.06. The number of benzene rings is 2. The number of rotatable bonds is 5. The maximum atomic E-state index is 13.6. The van der Waals surface area contributed by atoms with E-state index in [0.29, 0.717) is 23.7 Å². The molecule has 6 heteroatoms. The fourth-order valence-electron chi connectivity index (χ4n) is 4.84. The molecule has 2 aromatic carbocycles. The maximum Gasteiger partial charge on any atom is 0.126 e. The van der Waals surface area contributed by atoms with Crippen LogP contribution >= 0.6 is 11.6 Å². The molecular weight excluding hydrogens is 423 g/mol. The first-order valence-electron chi connectivity index (χ1n) is 11.4. The number of nitrogens with one attached hydrogen (secondary N) is 1. The summed E-state index contributed by atoms with van der Waals surface area (Å²) in [4.78, 5) is 6.82. The van der Waals surface area contributed by atoms with Gasteiger partial charge in [-0.3, -0.25) is 0 Å². The molecule has 0 atom stereocenters. The van der Waals surface area contributed by atoms with Gasteiger partial charge in [-0.15, -0.1) is 0 Å². The molecule has 1 fully saturated rings. The number of pyridine rings is 1. The van der Waals surface area contributed by atoms with E-state index in [-0.39, 0.29) is 5.82 Å². The first-order chi connectivity index (χ1) is 15.5. The Morgan fingerprint density at radius 2 is 1.94 bits per heavy atom. The minimum atomic E-state index is -0.195. The molecule has 1 aliphatic carbocycles. The van der Waals surface area contributed by atoms with Crippen LogP contribution in [0, 0.1) is 5.82 Å². The standard InChI is InChI=1S/C26H28ClFN4/c27-24-15-30-26(31-22-8-6-21(29)7-9-22)14-23(24)19-5-4-18-10-11-32(25(18)13-19)16-17-2-1-3-20(28)12-17/h1-5,12-15,21-22H,6-11,16,29H2,(H,30,31). The number of aromatic nitrogens is 1. The third-order valence-corrected chi connectivity index (χ3v) is 6.93. The van der Waals surface area contributed by atoms with Gasteiger partial charge < -0.3 is 16.0 Å².